The van der Waals surface area contributed by atoms with Crippen molar-refractivity contribution in [1.29, 1.82) is 0 Å². The van der Waals surface area contributed by atoms with Gasteiger partial charge in [-0.05, 0) is 13.8 Å². The van der Waals surface area contributed by atoms with Crippen LogP contribution in [-0.2, 0) is 9.59 Å². The molecule has 1 aromatic rings. The monoisotopic (exact) mass is 289 g/mol. The fourth-order valence-electron chi connectivity index (χ4n) is 0.967. The first kappa shape index (κ1) is 14.4. The standard InChI is InChI=1S/C10H9Cl2N3O3/c1-4(5(2)10(17)18)9(16)15-8-6(11)7(12)13-3-14-8/h3H,1-2H3,(H,17,18)(H,13,14,15,16). The summed E-state index contributed by atoms with van der Waals surface area (Å²) in [5.74, 6) is -1.76. The van der Waals surface area contributed by atoms with Crippen molar-refractivity contribution in [3.8, 4) is 0 Å². The average molecular weight is 290 g/mol. The number of amides is 1. The minimum atomic E-state index is -1.17. The van der Waals surface area contributed by atoms with E-state index in [0.29, 0.717) is 0 Å². The summed E-state index contributed by atoms with van der Waals surface area (Å²) in [4.78, 5) is 29.8. The highest BCUT2D eigenvalue weighted by Crippen LogP contribution is 2.25. The number of halogens is 2. The van der Waals surface area contributed by atoms with Crippen molar-refractivity contribution < 1.29 is 14.7 Å². The van der Waals surface area contributed by atoms with Crippen LogP contribution in [0, 0.1) is 0 Å². The van der Waals surface area contributed by atoms with E-state index in [4.69, 9.17) is 28.3 Å². The number of nitrogens with zero attached hydrogens (tertiary/aromatic N) is 2. The smallest absolute Gasteiger partial charge is 0.331 e. The molecule has 0 aliphatic carbocycles. The molecule has 1 heterocycles. The normalized spacial score (nSPS) is 11.8. The molecule has 0 unspecified atom stereocenters. The van der Waals surface area contributed by atoms with Crippen molar-refractivity contribution in [2.45, 2.75) is 13.8 Å². The van der Waals surface area contributed by atoms with E-state index in [1.54, 1.807) is 0 Å². The Balaban J connectivity index is 2.99. The molecule has 0 fully saturated rings. The van der Waals surface area contributed by atoms with Crippen molar-refractivity contribution in [3.05, 3.63) is 27.6 Å². The number of hydrogen-bond acceptors (Lipinski definition) is 4. The molecule has 18 heavy (non-hydrogen) atoms. The molecule has 6 nitrogen and oxygen atoms in total. The van der Waals surface area contributed by atoms with Gasteiger partial charge in [-0.15, -0.1) is 0 Å². The quantitative estimate of drug-likeness (QED) is 0.657. The summed E-state index contributed by atoms with van der Waals surface area (Å²) in [7, 11) is 0. The van der Waals surface area contributed by atoms with Crippen LogP contribution in [0.3, 0.4) is 0 Å². The van der Waals surface area contributed by atoms with Crippen molar-refractivity contribution in [2.24, 2.45) is 0 Å². The molecule has 0 aliphatic heterocycles. The third-order valence-corrected chi connectivity index (χ3v) is 2.94. The van der Waals surface area contributed by atoms with Crippen LogP contribution >= 0.6 is 23.2 Å². The van der Waals surface area contributed by atoms with Gasteiger partial charge in [0.2, 0.25) is 0 Å². The summed E-state index contributed by atoms with van der Waals surface area (Å²) in [6.45, 7) is 2.71. The summed E-state index contributed by atoms with van der Waals surface area (Å²) in [5, 5.41) is 11.1. The summed E-state index contributed by atoms with van der Waals surface area (Å²) in [6.07, 6.45) is 1.13. The molecule has 1 rings (SSSR count). The van der Waals surface area contributed by atoms with Crippen molar-refractivity contribution in [1.82, 2.24) is 9.97 Å². The SMILES string of the molecule is CC(C(=O)O)=C(C)C(=O)Nc1ncnc(Cl)c1Cl. The van der Waals surface area contributed by atoms with E-state index in [9.17, 15) is 9.59 Å². The number of carbonyl (C=O) groups is 2. The molecule has 1 amide bonds. The van der Waals surface area contributed by atoms with E-state index in [-0.39, 0.29) is 27.1 Å². The van der Waals surface area contributed by atoms with Gasteiger partial charge in [0.05, 0.1) is 0 Å². The van der Waals surface area contributed by atoms with Crippen LogP contribution in [0.1, 0.15) is 13.8 Å². The van der Waals surface area contributed by atoms with Crippen LogP contribution in [-0.4, -0.2) is 27.0 Å². The lowest BCUT2D eigenvalue weighted by Crippen LogP contribution is -2.17. The van der Waals surface area contributed by atoms with Gasteiger partial charge in [0.1, 0.15) is 11.3 Å². The molecule has 0 atom stereocenters. The van der Waals surface area contributed by atoms with Gasteiger partial charge in [0, 0.05) is 11.1 Å². The number of nitrogens with one attached hydrogen (secondary N) is 1. The van der Waals surface area contributed by atoms with Gasteiger partial charge in [0.15, 0.2) is 11.0 Å². The zero-order chi connectivity index (χ0) is 13.9. The Kier molecular flexibility index (Phi) is 4.63. The minimum Gasteiger partial charge on any atom is -0.478 e. The zero-order valence-corrected chi connectivity index (χ0v) is 11.0. The molecule has 0 bridgehead atoms. The maximum Gasteiger partial charge on any atom is 0.331 e. The molecule has 96 valence electrons. The Bertz CT molecular complexity index is 543. The number of carbonyl (C=O) groups excluding carboxylic acids is 1. The molecule has 0 aromatic carbocycles. The summed E-state index contributed by atoms with van der Waals surface area (Å²) >= 11 is 11.4. The Labute approximate surface area is 113 Å². The molecule has 0 saturated carbocycles. The van der Waals surface area contributed by atoms with E-state index in [0.717, 1.165) is 6.33 Å². The third kappa shape index (κ3) is 3.18. The highest BCUT2D eigenvalue weighted by Gasteiger charge is 2.15. The Morgan fingerprint density at radius 2 is 1.83 bits per heavy atom. The average Bonchev–Trinajstić information content (AvgIpc) is 2.32. The van der Waals surface area contributed by atoms with Crippen LogP contribution in [0.4, 0.5) is 5.82 Å². The topological polar surface area (TPSA) is 92.2 Å². The highest BCUT2D eigenvalue weighted by molar-refractivity contribution is 6.43. The van der Waals surface area contributed by atoms with Gasteiger partial charge in [-0.25, -0.2) is 14.8 Å². The maximum atomic E-state index is 11.7. The predicted molar refractivity (Wildman–Crippen MR) is 66.7 cm³/mol. The Hall–Kier alpha value is -1.66. The molecule has 0 saturated heterocycles. The van der Waals surface area contributed by atoms with Crippen LogP contribution in [0.15, 0.2) is 17.5 Å². The lowest BCUT2D eigenvalue weighted by molar-refractivity contribution is -0.133. The number of aromatic nitrogens is 2. The molecule has 1 aromatic heterocycles. The number of hydrogen-bond donors (Lipinski definition) is 2. The van der Waals surface area contributed by atoms with Gasteiger partial charge in [-0.2, -0.15) is 0 Å². The van der Waals surface area contributed by atoms with Crippen LogP contribution < -0.4 is 5.32 Å². The van der Waals surface area contributed by atoms with E-state index >= 15 is 0 Å². The second-order valence-corrected chi connectivity index (χ2v) is 4.07. The fourth-order valence-corrected chi connectivity index (χ4v) is 1.25. The Morgan fingerprint density at radius 3 is 2.39 bits per heavy atom. The number of rotatable bonds is 3. The number of carboxylic acids is 1. The van der Waals surface area contributed by atoms with E-state index < -0.39 is 11.9 Å². The van der Waals surface area contributed by atoms with Crippen molar-refractivity contribution in [2.75, 3.05) is 5.32 Å². The van der Waals surface area contributed by atoms with E-state index in [1.807, 2.05) is 0 Å². The molecule has 2 N–H and O–H groups in total. The first-order chi connectivity index (χ1) is 8.34. The largest absolute Gasteiger partial charge is 0.478 e. The highest BCUT2D eigenvalue weighted by atomic mass is 35.5. The van der Waals surface area contributed by atoms with E-state index in [1.165, 1.54) is 13.8 Å². The van der Waals surface area contributed by atoms with Gasteiger partial charge < -0.3 is 10.4 Å². The zero-order valence-electron chi connectivity index (χ0n) is 9.49. The molecule has 0 spiro atoms. The van der Waals surface area contributed by atoms with Crippen LogP contribution in [0.5, 0.6) is 0 Å². The second kappa shape index (κ2) is 5.79. The predicted octanol–water partition coefficient (Wildman–Crippen LogP) is 2.14. The van der Waals surface area contributed by atoms with Gasteiger partial charge in [-0.1, -0.05) is 23.2 Å². The van der Waals surface area contributed by atoms with Crippen molar-refractivity contribution >= 4 is 40.9 Å². The Morgan fingerprint density at radius 1 is 1.22 bits per heavy atom. The number of carboxylic acid groups (broad SMARTS) is 1. The van der Waals surface area contributed by atoms with Crippen LogP contribution in [0.2, 0.25) is 10.2 Å². The van der Waals surface area contributed by atoms with E-state index in [2.05, 4.69) is 15.3 Å². The lowest BCUT2D eigenvalue weighted by atomic mass is 10.1. The summed E-state index contributed by atoms with van der Waals surface area (Å²) in [6, 6.07) is 0. The number of anilines is 1. The molecule has 0 aliphatic rings. The molecule has 0 radical (unpaired) electrons. The van der Waals surface area contributed by atoms with Gasteiger partial charge in [-0.3, -0.25) is 4.79 Å². The number of aliphatic carboxylic acids is 1. The molecular weight excluding hydrogens is 281 g/mol. The summed E-state index contributed by atoms with van der Waals surface area (Å²) < 4.78 is 0. The maximum absolute atomic E-state index is 11.7. The first-order valence-electron chi connectivity index (χ1n) is 4.72. The second-order valence-electron chi connectivity index (χ2n) is 3.34. The van der Waals surface area contributed by atoms with Gasteiger partial charge in [0.25, 0.3) is 5.91 Å². The third-order valence-electron chi connectivity index (χ3n) is 2.20. The minimum absolute atomic E-state index is 0.00134. The first-order valence-corrected chi connectivity index (χ1v) is 5.48. The van der Waals surface area contributed by atoms with Crippen molar-refractivity contribution in [3.63, 3.8) is 0 Å². The van der Waals surface area contributed by atoms with Gasteiger partial charge >= 0.3 is 5.97 Å². The van der Waals surface area contributed by atoms with Crippen LogP contribution in [0.25, 0.3) is 0 Å². The fraction of sp³-hybridized carbons (Fsp3) is 0.200. The summed E-state index contributed by atoms with van der Waals surface area (Å²) in [5.41, 5.74) is -0.0166. The lowest BCUT2D eigenvalue weighted by Gasteiger charge is -2.07. The molecule has 8 heteroatoms. The molecular formula is C10H9Cl2N3O3.